The summed E-state index contributed by atoms with van der Waals surface area (Å²) in [6.07, 6.45) is 0. The molecule has 1 aliphatic heterocycles. The minimum absolute atomic E-state index is 0.139. The van der Waals surface area contributed by atoms with Crippen molar-refractivity contribution in [1.82, 2.24) is 5.32 Å². The second kappa shape index (κ2) is 3.48. The Morgan fingerprint density at radius 1 is 1.31 bits per heavy atom. The maximum absolute atomic E-state index is 5.79. The molecule has 2 heteroatoms. The quantitative estimate of drug-likeness (QED) is 0.702. The van der Waals surface area contributed by atoms with Crippen LogP contribution in [0.15, 0.2) is 30.3 Å². The van der Waals surface area contributed by atoms with Gasteiger partial charge < -0.3 is 10.1 Å². The fraction of sp³-hybridized carbons (Fsp3) is 0.455. The van der Waals surface area contributed by atoms with Crippen LogP contribution in [-0.2, 0) is 10.3 Å². The third-order valence-electron chi connectivity index (χ3n) is 2.55. The first-order valence-electron chi connectivity index (χ1n) is 4.71. The monoisotopic (exact) mass is 177 g/mol. The summed E-state index contributed by atoms with van der Waals surface area (Å²) in [5.74, 6) is 0. The van der Waals surface area contributed by atoms with Gasteiger partial charge in [-0.1, -0.05) is 30.3 Å². The molecule has 0 saturated carbocycles. The van der Waals surface area contributed by atoms with Crippen molar-refractivity contribution in [2.75, 3.05) is 19.7 Å². The highest BCUT2D eigenvalue weighted by molar-refractivity contribution is 5.22. The summed E-state index contributed by atoms with van der Waals surface area (Å²) >= 11 is 0. The molecule has 0 aromatic heterocycles. The van der Waals surface area contributed by atoms with Crippen molar-refractivity contribution < 1.29 is 4.74 Å². The Kier molecular flexibility index (Phi) is 2.34. The molecule has 2 nitrogen and oxygen atoms in total. The van der Waals surface area contributed by atoms with Crippen LogP contribution >= 0.6 is 0 Å². The van der Waals surface area contributed by atoms with Gasteiger partial charge in [0.15, 0.2) is 0 Å². The number of hydrogen-bond acceptors (Lipinski definition) is 2. The molecular weight excluding hydrogens is 162 g/mol. The maximum Gasteiger partial charge on any atom is 0.103 e. The zero-order chi connectivity index (χ0) is 9.15. The van der Waals surface area contributed by atoms with E-state index < -0.39 is 0 Å². The molecule has 2 rings (SSSR count). The zero-order valence-corrected chi connectivity index (χ0v) is 7.92. The number of rotatable bonds is 1. The Bertz CT molecular complexity index is 265. The standard InChI is InChI=1S/C11H15NO/c1-11(9-12-7-8-13-11)10-5-3-2-4-6-10/h2-6,12H,7-9H2,1H3. The Morgan fingerprint density at radius 2 is 2.08 bits per heavy atom. The lowest BCUT2D eigenvalue weighted by Crippen LogP contribution is -2.45. The van der Waals surface area contributed by atoms with Gasteiger partial charge in [-0.05, 0) is 12.5 Å². The van der Waals surface area contributed by atoms with Crippen LogP contribution in [0.2, 0.25) is 0 Å². The molecule has 1 fully saturated rings. The third-order valence-corrected chi connectivity index (χ3v) is 2.55. The first-order chi connectivity index (χ1) is 6.31. The van der Waals surface area contributed by atoms with Crippen LogP contribution in [0.5, 0.6) is 0 Å². The smallest absolute Gasteiger partial charge is 0.103 e. The highest BCUT2D eigenvalue weighted by atomic mass is 16.5. The van der Waals surface area contributed by atoms with Gasteiger partial charge in [0.2, 0.25) is 0 Å². The van der Waals surface area contributed by atoms with Crippen molar-refractivity contribution in [3.05, 3.63) is 35.9 Å². The Balaban J connectivity index is 2.23. The van der Waals surface area contributed by atoms with E-state index in [0.717, 1.165) is 19.7 Å². The van der Waals surface area contributed by atoms with Gasteiger partial charge in [-0.3, -0.25) is 0 Å². The molecule has 1 N–H and O–H groups in total. The van der Waals surface area contributed by atoms with E-state index in [0.29, 0.717) is 0 Å². The summed E-state index contributed by atoms with van der Waals surface area (Å²) in [7, 11) is 0. The average Bonchev–Trinajstić information content (AvgIpc) is 2.20. The number of ether oxygens (including phenoxy) is 1. The zero-order valence-electron chi connectivity index (χ0n) is 7.92. The molecule has 1 heterocycles. The predicted molar refractivity (Wildman–Crippen MR) is 52.6 cm³/mol. The van der Waals surface area contributed by atoms with E-state index >= 15 is 0 Å². The Hall–Kier alpha value is -0.860. The lowest BCUT2D eigenvalue weighted by atomic mass is 9.95. The first-order valence-corrected chi connectivity index (χ1v) is 4.71. The topological polar surface area (TPSA) is 21.3 Å². The Labute approximate surface area is 78.9 Å². The molecule has 0 bridgehead atoms. The van der Waals surface area contributed by atoms with E-state index in [2.05, 4.69) is 36.5 Å². The molecule has 1 aliphatic rings. The molecule has 1 aromatic rings. The summed E-state index contributed by atoms with van der Waals surface area (Å²) < 4.78 is 5.79. The van der Waals surface area contributed by atoms with E-state index in [4.69, 9.17) is 4.74 Å². The summed E-state index contributed by atoms with van der Waals surface area (Å²) in [6, 6.07) is 10.4. The maximum atomic E-state index is 5.79. The van der Waals surface area contributed by atoms with Crippen LogP contribution in [0, 0.1) is 0 Å². The predicted octanol–water partition coefficient (Wildman–Crippen LogP) is 1.52. The minimum atomic E-state index is -0.139. The number of nitrogens with one attached hydrogen (secondary N) is 1. The van der Waals surface area contributed by atoms with Gasteiger partial charge in [-0.15, -0.1) is 0 Å². The molecule has 1 aromatic carbocycles. The fourth-order valence-electron chi connectivity index (χ4n) is 1.70. The Morgan fingerprint density at radius 3 is 2.69 bits per heavy atom. The minimum Gasteiger partial charge on any atom is -0.368 e. The molecule has 70 valence electrons. The van der Waals surface area contributed by atoms with Crippen molar-refractivity contribution in [3.8, 4) is 0 Å². The molecule has 1 unspecified atom stereocenters. The largest absolute Gasteiger partial charge is 0.368 e. The van der Waals surface area contributed by atoms with Crippen LogP contribution in [0.4, 0.5) is 0 Å². The molecule has 13 heavy (non-hydrogen) atoms. The van der Waals surface area contributed by atoms with Crippen LogP contribution in [-0.4, -0.2) is 19.7 Å². The summed E-state index contributed by atoms with van der Waals surface area (Å²) in [4.78, 5) is 0. The van der Waals surface area contributed by atoms with Gasteiger partial charge in [0.05, 0.1) is 6.61 Å². The molecule has 0 radical (unpaired) electrons. The molecular formula is C11H15NO. The highest BCUT2D eigenvalue weighted by Crippen LogP contribution is 2.25. The van der Waals surface area contributed by atoms with Gasteiger partial charge in [-0.25, -0.2) is 0 Å². The van der Waals surface area contributed by atoms with E-state index in [1.807, 2.05) is 6.07 Å². The SMILES string of the molecule is CC1(c2ccccc2)CNCCO1. The molecule has 1 saturated heterocycles. The van der Waals surface area contributed by atoms with E-state index in [-0.39, 0.29) is 5.60 Å². The van der Waals surface area contributed by atoms with Crippen molar-refractivity contribution >= 4 is 0 Å². The molecule has 0 spiro atoms. The summed E-state index contributed by atoms with van der Waals surface area (Å²) in [5.41, 5.74) is 1.11. The summed E-state index contributed by atoms with van der Waals surface area (Å²) in [5, 5.41) is 3.35. The van der Waals surface area contributed by atoms with E-state index in [1.54, 1.807) is 0 Å². The van der Waals surface area contributed by atoms with Crippen LogP contribution in [0.3, 0.4) is 0 Å². The van der Waals surface area contributed by atoms with Crippen molar-refractivity contribution in [2.45, 2.75) is 12.5 Å². The van der Waals surface area contributed by atoms with Crippen LogP contribution < -0.4 is 5.32 Å². The first kappa shape index (κ1) is 8.73. The van der Waals surface area contributed by atoms with Crippen LogP contribution in [0.25, 0.3) is 0 Å². The number of benzene rings is 1. The lowest BCUT2D eigenvalue weighted by molar-refractivity contribution is -0.0572. The number of hydrogen-bond donors (Lipinski definition) is 1. The van der Waals surface area contributed by atoms with Gasteiger partial charge in [-0.2, -0.15) is 0 Å². The van der Waals surface area contributed by atoms with Crippen molar-refractivity contribution in [3.63, 3.8) is 0 Å². The van der Waals surface area contributed by atoms with Crippen LogP contribution in [0.1, 0.15) is 12.5 Å². The fourth-order valence-corrected chi connectivity index (χ4v) is 1.70. The molecule has 0 aliphatic carbocycles. The third kappa shape index (κ3) is 1.74. The van der Waals surface area contributed by atoms with Crippen molar-refractivity contribution in [2.24, 2.45) is 0 Å². The number of morpholine rings is 1. The lowest BCUT2D eigenvalue weighted by Gasteiger charge is -2.34. The normalized spacial score (nSPS) is 28.7. The summed E-state index contributed by atoms with van der Waals surface area (Å²) in [6.45, 7) is 4.79. The average molecular weight is 177 g/mol. The van der Waals surface area contributed by atoms with Crippen molar-refractivity contribution in [1.29, 1.82) is 0 Å². The van der Waals surface area contributed by atoms with E-state index in [9.17, 15) is 0 Å². The second-order valence-corrected chi connectivity index (χ2v) is 3.62. The van der Waals surface area contributed by atoms with Gasteiger partial charge in [0.1, 0.15) is 5.60 Å². The molecule has 1 atom stereocenters. The molecule has 0 amide bonds. The van der Waals surface area contributed by atoms with Gasteiger partial charge in [0.25, 0.3) is 0 Å². The van der Waals surface area contributed by atoms with Gasteiger partial charge in [0, 0.05) is 13.1 Å². The highest BCUT2D eigenvalue weighted by Gasteiger charge is 2.29. The second-order valence-electron chi connectivity index (χ2n) is 3.62. The van der Waals surface area contributed by atoms with Gasteiger partial charge >= 0.3 is 0 Å². The van der Waals surface area contributed by atoms with E-state index in [1.165, 1.54) is 5.56 Å².